The Morgan fingerprint density at radius 2 is 1.69 bits per heavy atom. The fourth-order valence-electron chi connectivity index (χ4n) is 6.19. The molecule has 1 heterocycles. The molecule has 1 fully saturated rings. The number of allylic oxidation sites excluding steroid dienone is 4. The van der Waals surface area contributed by atoms with Crippen LogP contribution in [-0.2, 0) is 0 Å². The third kappa shape index (κ3) is 4.31. The molecular weight excluding hydrogens is 426 g/mol. The van der Waals surface area contributed by atoms with Crippen molar-refractivity contribution in [3.63, 3.8) is 0 Å². The predicted molar refractivity (Wildman–Crippen MR) is 146 cm³/mol. The summed E-state index contributed by atoms with van der Waals surface area (Å²) in [7, 11) is 0. The summed E-state index contributed by atoms with van der Waals surface area (Å²) < 4.78 is 6.76. The van der Waals surface area contributed by atoms with E-state index in [2.05, 4.69) is 103 Å². The molecule has 0 aromatic heterocycles. The van der Waals surface area contributed by atoms with Crippen molar-refractivity contribution in [3.8, 4) is 5.75 Å². The molecule has 2 aliphatic carbocycles. The number of hydrogen-bond donors (Lipinski definition) is 0. The molecule has 3 aromatic rings. The minimum absolute atomic E-state index is 0.323. The maximum atomic E-state index is 6.76. The Bertz CT molecular complexity index is 1240. The summed E-state index contributed by atoms with van der Waals surface area (Å²) >= 11 is 0. The van der Waals surface area contributed by atoms with Crippen molar-refractivity contribution in [2.45, 2.75) is 69.8 Å². The first-order chi connectivity index (χ1) is 17.3. The second kappa shape index (κ2) is 9.77. The summed E-state index contributed by atoms with van der Waals surface area (Å²) in [6.07, 6.45) is 15.7. The van der Waals surface area contributed by atoms with E-state index in [9.17, 15) is 0 Å². The fourth-order valence-corrected chi connectivity index (χ4v) is 6.19. The summed E-state index contributed by atoms with van der Waals surface area (Å²) in [5, 5.41) is 0. The van der Waals surface area contributed by atoms with Gasteiger partial charge < -0.3 is 9.64 Å². The van der Waals surface area contributed by atoms with E-state index in [0.29, 0.717) is 17.9 Å². The van der Waals surface area contributed by atoms with Gasteiger partial charge in [0.2, 0.25) is 0 Å². The Morgan fingerprint density at radius 1 is 0.857 bits per heavy atom. The summed E-state index contributed by atoms with van der Waals surface area (Å²) in [4.78, 5) is 2.40. The van der Waals surface area contributed by atoms with Crippen LogP contribution in [0.3, 0.4) is 0 Å². The third-order valence-corrected chi connectivity index (χ3v) is 8.13. The molecule has 2 nitrogen and oxygen atoms in total. The highest BCUT2D eigenvalue weighted by molar-refractivity contribution is 5.82. The van der Waals surface area contributed by atoms with Gasteiger partial charge in [-0.3, -0.25) is 0 Å². The van der Waals surface area contributed by atoms with Crippen molar-refractivity contribution in [2.75, 3.05) is 4.90 Å². The van der Waals surface area contributed by atoms with E-state index in [-0.39, 0.29) is 0 Å². The largest absolute Gasteiger partial charge is 0.487 e. The predicted octanol–water partition coefficient (Wildman–Crippen LogP) is 9.34. The Labute approximate surface area is 209 Å². The minimum atomic E-state index is 0.323. The summed E-state index contributed by atoms with van der Waals surface area (Å²) in [5.74, 6) is 2.02. The Balaban J connectivity index is 1.44. The summed E-state index contributed by atoms with van der Waals surface area (Å²) in [6, 6.07) is 26.6. The van der Waals surface area contributed by atoms with Crippen LogP contribution >= 0.6 is 0 Å². The minimum Gasteiger partial charge on any atom is -0.487 e. The van der Waals surface area contributed by atoms with E-state index in [1.165, 1.54) is 60.2 Å². The van der Waals surface area contributed by atoms with Gasteiger partial charge in [-0.1, -0.05) is 86.0 Å². The molecule has 0 saturated heterocycles. The molecular formula is C33H35NO. The molecule has 6 rings (SSSR count). The van der Waals surface area contributed by atoms with Crippen molar-refractivity contribution >= 4 is 17.1 Å². The lowest BCUT2D eigenvalue weighted by molar-refractivity contribution is 0.197. The van der Waals surface area contributed by atoms with Gasteiger partial charge in [0.1, 0.15) is 11.9 Å². The third-order valence-electron chi connectivity index (χ3n) is 8.13. The van der Waals surface area contributed by atoms with Gasteiger partial charge in [-0.2, -0.15) is 0 Å². The quantitative estimate of drug-likeness (QED) is 0.375. The van der Waals surface area contributed by atoms with Crippen molar-refractivity contribution in [1.82, 2.24) is 0 Å². The van der Waals surface area contributed by atoms with Crippen LogP contribution in [0, 0.1) is 0 Å². The zero-order valence-electron chi connectivity index (χ0n) is 20.7. The normalized spacial score (nSPS) is 21.8. The molecule has 1 aliphatic heterocycles. The smallest absolute Gasteiger partial charge is 0.147 e. The number of ether oxygens (including phenoxy) is 1. The molecule has 0 N–H and O–H groups in total. The molecule has 3 aliphatic rings. The van der Waals surface area contributed by atoms with Gasteiger partial charge in [-0.25, -0.2) is 0 Å². The maximum absolute atomic E-state index is 6.76. The number of hydrogen-bond acceptors (Lipinski definition) is 2. The standard InChI is InChI=1S/C33H35NO/c1-24(25-13-5-2-6-14-25)26-15-11-18-28(23-26)34(27-16-7-3-8-17-27)31-21-12-20-30-29-19-9-4-10-22-32(29)35-33(30)31/h2-3,5,7-8,11-13,15-18,20-21,23-24,29,32H,4,6,9-10,14,19,22H2,1H3/t24-,29?,32?/m0/s1. The lowest BCUT2D eigenvalue weighted by atomic mass is 9.87. The molecule has 0 radical (unpaired) electrons. The van der Waals surface area contributed by atoms with Crippen LogP contribution < -0.4 is 9.64 Å². The number of nitrogens with zero attached hydrogens (tertiary/aromatic N) is 1. The molecule has 2 unspecified atom stereocenters. The molecule has 0 spiro atoms. The van der Waals surface area contributed by atoms with Gasteiger partial charge in [-0.05, 0) is 68.0 Å². The number of rotatable bonds is 5. The van der Waals surface area contributed by atoms with Crippen LogP contribution in [0.2, 0.25) is 0 Å². The molecule has 0 bridgehead atoms. The zero-order valence-corrected chi connectivity index (χ0v) is 20.7. The molecule has 0 amide bonds. The molecule has 1 saturated carbocycles. The maximum Gasteiger partial charge on any atom is 0.147 e. The summed E-state index contributed by atoms with van der Waals surface area (Å²) in [6.45, 7) is 2.34. The number of anilines is 3. The van der Waals surface area contributed by atoms with Gasteiger partial charge in [0.15, 0.2) is 0 Å². The van der Waals surface area contributed by atoms with Crippen LogP contribution in [0.25, 0.3) is 0 Å². The monoisotopic (exact) mass is 461 g/mol. The summed E-state index contributed by atoms with van der Waals surface area (Å²) in [5.41, 5.74) is 7.80. The van der Waals surface area contributed by atoms with E-state index < -0.39 is 0 Å². The number of para-hydroxylation sites is 2. The van der Waals surface area contributed by atoms with E-state index in [1.807, 2.05) is 0 Å². The zero-order chi connectivity index (χ0) is 23.6. The number of benzene rings is 3. The van der Waals surface area contributed by atoms with E-state index in [0.717, 1.165) is 24.3 Å². The van der Waals surface area contributed by atoms with E-state index in [1.54, 1.807) is 0 Å². The van der Waals surface area contributed by atoms with Gasteiger partial charge in [0.05, 0.1) is 5.69 Å². The van der Waals surface area contributed by atoms with Crippen LogP contribution in [0.5, 0.6) is 5.75 Å². The van der Waals surface area contributed by atoms with Crippen LogP contribution in [0.1, 0.15) is 74.8 Å². The van der Waals surface area contributed by atoms with Crippen molar-refractivity contribution in [2.24, 2.45) is 0 Å². The molecule has 178 valence electrons. The number of fused-ring (bicyclic) bond motifs is 3. The Morgan fingerprint density at radius 3 is 2.54 bits per heavy atom. The lowest BCUT2D eigenvalue weighted by Gasteiger charge is -2.28. The second-order valence-corrected chi connectivity index (χ2v) is 10.3. The van der Waals surface area contributed by atoms with Gasteiger partial charge in [-0.15, -0.1) is 0 Å². The molecule has 3 aromatic carbocycles. The van der Waals surface area contributed by atoms with Crippen molar-refractivity contribution in [1.29, 1.82) is 0 Å². The molecule has 2 heteroatoms. The van der Waals surface area contributed by atoms with E-state index >= 15 is 0 Å². The lowest BCUT2D eigenvalue weighted by Crippen LogP contribution is -2.17. The highest BCUT2D eigenvalue weighted by Crippen LogP contribution is 2.51. The second-order valence-electron chi connectivity index (χ2n) is 10.3. The Kier molecular flexibility index (Phi) is 6.21. The van der Waals surface area contributed by atoms with Gasteiger partial charge in [0.25, 0.3) is 0 Å². The Hall–Kier alpha value is -3.26. The van der Waals surface area contributed by atoms with Crippen LogP contribution in [0.15, 0.2) is 96.6 Å². The highest BCUT2D eigenvalue weighted by Gasteiger charge is 2.37. The SMILES string of the molecule is C[C@@H](C1=CC=CCC1)c1cccc(N(c2ccccc2)c2cccc3c2OC2CCCCCC32)c1. The van der Waals surface area contributed by atoms with Gasteiger partial charge in [0, 0.05) is 28.8 Å². The van der Waals surface area contributed by atoms with Crippen molar-refractivity contribution in [3.05, 3.63) is 108 Å². The molecule has 35 heavy (non-hydrogen) atoms. The fraction of sp³-hybridized carbons (Fsp3) is 0.333. The topological polar surface area (TPSA) is 12.5 Å². The first-order valence-electron chi connectivity index (χ1n) is 13.4. The first-order valence-corrected chi connectivity index (χ1v) is 13.4. The van der Waals surface area contributed by atoms with E-state index in [4.69, 9.17) is 4.74 Å². The average Bonchev–Trinajstić information content (AvgIpc) is 3.11. The first kappa shape index (κ1) is 22.2. The average molecular weight is 462 g/mol. The highest BCUT2D eigenvalue weighted by atomic mass is 16.5. The van der Waals surface area contributed by atoms with Crippen LogP contribution in [-0.4, -0.2) is 6.10 Å². The van der Waals surface area contributed by atoms with Gasteiger partial charge >= 0.3 is 0 Å². The molecule has 3 atom stereocenters. The van der Waals surface area contributed by atoms with Crippen molar-refractivity contribution < 1.29 is 4.74 Å². The van der Waals surface area contributed by atoms with Crippen LogP contribution in [0.4, 0.5) is 17.1 Å².